The van der Waals surface area contributed by atoms with Crippen LogP contribution in [0.3, 0.4) is 0 Å². The quantitative estimate of drug-likeness (QED) is 0.766. The summed E-state index contributed by atoms with van der Waals surface area (Å²) in [5, 5.41) is 5.72. The SMILES string of the molecule is COCCOCC(=O)Nc1ccc2c(c1F)CCNC2. The predicted octanol–water partition coefficient (Wildman–Crippen LogP) is 1.07. The summed E-state index contributed by atoms with van der Waals surface area (Å²) < 4.78 is 24.1. The summed E-state index contributed by atoms with van der Waals surface area (Å²) in [6.45, 7) is 2.07. The smallest absolute Gasteiger partial charge is 0.250 e. The van der Waals surface area contributed by atoms with Crippen LogP contribution >= 0.6 is 0 Å². The maximum atomic E-state index is 14.3. The van der Waals surface area contributed by atoms with Crippen molar-refractivity contribution in [3.05, 3.63) is 29.1 Å². The van der Waals surface area contributed by atoms with Gasteiger partial charge in [-0.1, -0.05) is 6.07 Å². The molecule has 5 nitrogen and oxygen atoms in total. The van der Waals surface area contributed by atoms with Crippen molar-refractivity contribution in [2.75, 3.05) is 38.8 Å². The number of anilines is 1. The van der Waals surface area contributed by atoms with Gasteiger partial charge in [-0.25, -0.2) is 4.39 Å². The summed E-state index contributed by atoms with van der Waals surface area (Å²) in [6, 6.07) is 3.43. The largest absolute Gasteiger partial charge is 0.382 e. The second kappa shape index (κ2) is 7.33. The third kappa shape index (κ3) is 3.75. The molecule has 2 rings (SSSR count). The van der Waals surface area contributed by atoms with Crippen LogP contribution in [0.1, 0.15) is 11.1 Å². The Morgan fingerprint density at radius 1 is 1.45 bits per heavy atom. The molecule has 6 heteroatoms. The Morgan fingerprint density at radius 3 is 3.10 bits per heavy atom. The van der Waals surface area contributed by atoms with Crippen LogP contribution in [0, 0.1) is 5.82 Å². The second-order valence-electron chi connectivity index (χ2n) is 4.59. The molecule has 0 radical (unpaired) electrons. The zero-order valence-electron chi connectivity index (χ0n) is 11.5. The molecule has 0 bridgehead atoms. The van der Waals surface area contributed by atoms with Crippen LogP contribution in [-0.2, 0) is 27.2 Å². The Kier molecular flexibility index (Phi) is 5.46. The maximum absolute atomic E-state index is 14.3. The molecule has 0 aromatic heterocycles. The molecule has 1 aromatic rings. The Morgan fingerprint density at radius 2 is 2.30 bits per heavy atom. The number of fused-ring (bicyclic) bond motifs is 1. The van der Waals surface area contributed by atoms with Crippen LogP contribution in [-0.4, -0.2) is 39.4 Å². The molecule has 0 unspecified atom stereocenters. The highest BCUT2D eigenvalue weighted by Crippen LogP contribution is 2.24. The van der Waals surface area contributed by atoms with Crippen molar-refractivity contribution < 1.29 is 18.7 Å². The number of rotatable bonds is 6. The van der Waals surface area contributed by atoms with Crippen molar-refractivity contribution in [2.24, 2.45) is 0 Å². The van der Waals surface area contributed by atoms with Gasteiger partial charge in [0.05, 0.1) is 18.9 Å². The molecule has 1 heterocycles. The monoisotopic (exact) mass is 282 g/mol. The van der Waals surface area contributed by atoms with Crippen LogP contribution in [0.2, 0.25) is 0 Å². The average Bonchev–Trinajstić information content (AvgIpc) is 2.47. The van der Waals surface area contributed by atoms with E-state index < -0.39 is 0 Å². The van der Waals surface area contributed by atoms with Gasteiger partial charge in [0.25, 0.3) is 0 Å². The van der Waals surface area contributed by atoms with E-state index in [1.54, 1.807) is 13.2 Å². The number of nitrogens with one attached hydrogen (secondary N) is 2. The van der Waals surface area contributed by atoms with Crippen molar-refractivity contribution in [1.29, 1.82) is 0 Å². The van der Waals surface area contributed by atoms with E-state index in [4.69, 9.17) is 9.47 Å². The number of ether oxygens (including phenoxy) is 2. The van der Waals surface area contributed by atoms with E-state index in [-0.39, 0.29) is 24.0 Å². The lowest BCUT2D eigenvalue weighted by atomic mass is 9.99. The average molecular weight is 282 g/mol. The zero-order valence-corrected chi connectivity index (χ0v) is 11.5. The summed E-state index contributed by atoms with van der Waals surface area (Å²) in [7, 11) is 1.56. The maximum Gasteiger partial charge on any atom is 0.250 e. The van der Waals surface area contributed by atoms with Gasteiger partial charge in [-0.2, -0.15) is 0 Å². The molecule has 0 atom stereocenters. The molecule has 2 N–H and O–H groups in total. The Labute approximate surface area is 117 Å². The second-order valence-corrected chi connectivity index (χ2v) is 4.59. The fraction of sp³-hybridized carbons (Fsp3) is 0.500. The van der Waals surface area contributed by atoms with E-state index in [1.807, 2.05) is 6.07 Å². The van der Waals surface area contributed by atoms with Crippen molar-refractivity contribution in [2.45, 2.75) is 13.0 Å². The van der Waals surface area contributed by atoms with Gasteiger partial charge in [-0.05, 0) is 30.2 Å². The number of methoxy groups -OCH3 is 1. The van der Waals surface area contributed by atoms with Gasteiger partial charge in [0.2, 0.25) is 5.91 Å². The standard InChI is InChI=1S/C14H19FN2O3/c1-19-6-7-20-9-13(18)17-12-3-2-10-8-16-5-4-11(10)14(12)15/h2-3,16H,4-9H2,1H3,(H,17,18). The summed E-state index contributed by atoms with van der Waals surface area (Å²) in [5.41, 5.74) is 1.84. The van der Waals surface area contributed by atoms with Crippen LogP contribution in [0.4, 0.5) is 10.1 Å². The number of hydrogen-bond acceptors (Lipinski definition) is 4. The van der Waals surface area contributed by atoms with E-state index in [9.17, 15) is 9.18 Å². The van der Waals surface area contributed by atoms with Gasteiger partial charge in [0.1, 0.15) is 12.4 Å². The molecule has 1 amide bonds. The lowest BCUT2D eigenvalue weighted by molar-refractivity contribution is -0.121. The first kappa shape index (κ1) is 14.9. The fourth-order valence-corrected chi connectivity index (χ4v) is 2.12. The molecular formula is C14H19FN2O3. The molecule has 1 aliphatic heterocycles. The van der Waals surface area contributed by atoms with Gasteiger partial charge in [-0.3, -0.25) is 4.79 Å². The number of carbonyl (C=O) groups excluding carboxylic acids is 1. The third-order valence-corrected chi connectivity index (χ3v) is 3.15. The first-order valence-corrected chi connectivity index (χ1v) is 6.60. The topological polar surface area (TPSA) is 59.6 Å². The molecular weight excluding hydrogens is 263 g/mol. The number of halogens is 1. The molecule has 20 heavy (non-hydrogen) atoms. The van der Waals surface area contributed by atoms with Crippen molar-refractivity contribution in [3.63, 3.8) is 0 Å². The normalized spacial score (nSPS) is 13.9. The molecule has 0 saturated carbocycles. The van der Waals surface area contributed by atoms with E-state index in [2.05, 4.69) is 10.6 Å². The molecule has 110 valence electrons. The lowest BCUT2D eigenvalue weighted by Crippen LogP contribution is -2.26. The lowest BCUT2D eigenvalue weighted by Gasteiger charge is -2.19. The summed E-state index contributed by atoms with van der Waals surface area (Å²) in [4.78, 5) is 11.6. The molecule has 0 spiro atoms. The highest BCUT2D eigenvalue weighted by Gasteiger charge is 2.17. The van der Waals surface area contributed by atoms with Crippen LogP contribution in [0.15, 0.2) is 12.1 Å². The minimum absolute atomic E-state index is 0.110. The number of benzene rings is 1. The third-order valence-electron chi connectivity index (χ3n) is 3.15. The van der Waals surface area contributed by atoms with Crippen molar-refractivity contribution in [1.82, 2.24) is 5.32 Å². The van der Waals surface area contributed by atoms with Gasteiger partial charge >= 0.3 is 0 Å². The molecule has 0 saturated heterocycles. The van der Waals surface area contributed by atoms with Crippen LogP contribution in [0.5, 0.6) is 0 Å². The van der Waals surface area contributed by atoms with Gasteiger partial charge in [-0.15, -0.1) is 0 Å². The van der Waals surface area contributed by atoms with Gasteiger partial charge in [0.15, 0.2) is 0 Å². The first-order chi connectivity index (χ1) is 9.72. The Hall–Kier alpha value is -1.50. The molecule has 0 aliphatic carbocycles. The highest BCUT2D eigenvalue weighted by molar-refractivity contribution is 5.92. The van der Waals surface area contributed by atoms with Crippen molar-refractivity contribution in [3.8, 4) is 0 Å². The Bertz CT molecular complexity index is 480. The molecule has 1 aliphatic rings. The first-order valence-electron chi connectivity index (χ1n) is 6.60. The van der Waals surface area contributed by atoms with E-state index in [0.29, 0.717) is 31.7 Å². The highest BCUT2D eigenvalue weighted by atomic mass is 19.1. The number of amides is 1. The van der Waals surface area contributed by atoms with E-state index >= 15 is 0 Å². The minimum Gasteiger partial charge on any atom is -0.382 e. The van der Waals surface area contributed by atoms with Gasteiger partial charge < -0.3 is 20.1 Å². The fourth-order valence-electron chi connectivity index (χ4n) is 2.12. The number of hydrogen-bond donors (Lipinski definition) is 2. The van der Waals surface area contributed by atoms with E-state index in [0.717, 1.165) is 12.1 Å². The molecule has 0 fully saturated rings. The minimum atomic E-state index is -0.367. The predicted molar refractivity (Wildman–Crippen MR) is 73.1 cm³/mol. The number of carbonyl (C=O) groups is 1. The van der Waals surface area contributed by atoms with Crippen molar-refractivity contribution >= 4 is 11.6 Å². The van der Waals surface area contributed by atoms with Crippen LogP contribution < -0.4 is 10.6 Å². The summed E-state index contributed by atoms with van der Waals surface area (Å²) in [5.74, 6) is -0.705. The molecule has 1 aromatic carbocycles. The zero-order chi connectivity index (χ0) is 14.4. The van der Waals surface area contributed by atoms with Crippen LogP contribution in [0.25, 0.3) is 0 Å². The Balaban J connectivity index is 1.94. The summed E-state index contributed by atoms with van der Waals surface area (Å²) >= 11 is 0. The summed E-state index contributed by atoms with van der Waals surface area (Å²) in [6.07, 6.45) is 0.634. The van der Waals surface area contributed by atoms with E-state index in [1.165, 1.54) is 0 Å². The van der Waals surface area contributed by atoms with Gasteiger partial charge in [0, 0.05) is 13.7 Å².